The summed E-state index contributed by atoms with van der Waals surface area (Å²) in [7, 11) is 5.58. The largest absolute Gasteiger partial charge is 0.363 e. The fourth-order valence-electron chi connectivity index (χ4n) is 2.85. The molecule has 10 heteroatoms. The number of anilines is 2. The number of benzene rings is 1. The number of fused-ring (bicyclic) bond motifs is 1. The van der Waals surface area contributed by atoms with Crippen molar-refractivity contribution >= 4 is 23.2 Å². The summed E-state index contributed by atoms with van der Waals surface area (Å²) < 4.78 is 29.0. The van der Waals surface area contributed by atoms with Crippen LogP contribution in [-0.4, -0.2) is 64.7 Å². The molecule has 0 aliphatic rings. The van der Waals surface area contributed by atoms with Crippen molar-refractivity contribution < 1.29 is 13.6 Å². The van der Waals surface area contributed by atoms with Gasteiger partial charge in [0.1, 0.15) is 23.1 Å². The van der Waals surface area contributed by atoms with Crippen LogP contribution < -0.4 is 10.6 Å². The number of halogens is 2. The van der Waals surface area contributed by atoms with Gasteiger partial charge in [-0.05, 0) is 45.3 Å². The van der Waals surface area contributed by atoms with Crippen LogP contribution in [0.1, 0.15) is 18.5 Å². The van der Waals surface area contributed by atoms with E-state index in [-0.39, 0.29) is 11.6 Å². The molecule has 1 aromatic carbocycles. The molecule has 2 N–H and O–H groups in total. The van der Waals surface area contributed by atoms with Gasteiger partial charge in [-0.1, -0.05) is 0 Å². The van der Waals surface area contributed by atoms with Crippen molar-refractivity contribution in [2.24, 2.45) is 0 Å². The van der Waals surface area contributed by atoms with Gasteiger partial charge in [-0.2, -0.15) is 5.10 Å². The molecule has 3 rings (SSSR count). The predicted octanol–water partition coefficient (Wildman–Crippen LogP) is 3.21. The Labute approximate surface area is 173 Å². The van der Waals surface area contributed by atoms with Gasteiger partial charge in [0.2, 0.25) is 0 Å². The van der Waals surface area contributed by atoms with E-state index in [0.29, 0.717) is 23.7 Å². The number of hydrogen-bond acceptors (Lipinski definition) is 5. The molecule has 160 valence electrons. The smallest absolute Gasteiger partial charge is 0.321 e. The minimum Gasteiger partial charge on any atom is -0.363 e. The molecule has 2 amide bonds. The van der Waals surface area contributed by atoms with Crippen molar-refractivity contribution in [3.8, 4) is 0 Å². The lowest BCUT2D eigenvalue weighted by atomic mass is 10.1. The molecule has 0 fully saturated rings. The van der Waals surface area contributed by atoms with Gasteiger partial charge in [0.15, 0.2) is 5.65 Å². The first-order chi connectivity index (χ1) is 14.2. The monoisotopic (exact) mass is 417 g/mol. The molecule has 0 bridgehead atoms. The molecule has 0 saturated heterocycles. The number of rotatable bonds is 7. The molecule has 0 radical (unpaired) electrons. The molecule has 8 nitrogen and oxygen atoms in total. The Bertz CT molecular complexity index is 1040. The molecule has 2 heterocycles. The molecular weight excluding hydrogens is 392 g/mol. The van der Waals surface area contributed by atoms with Crippen LogP contribution in [0.3, 0.4) is 0 Å². The summed E-state index contributed by atoms with van der Waals surface area (Å²) in [5, 5.41) is 10.0. The first-order valence-electron chi connectivity index (χ1n) is 9.47. The number of urea groups is 1. The topological polar surface area (TPSA) is 77.8 Å². The van der Waals surface area contributed by atoms with Crippen molar-refractivity contribution in [3.05, 3.63) is 53.9 Å². The quantitative estimate of drug-likeness (QED) is 0.617. The van der Waals surface area contributed by atoms with E-state index in [1.165, 1.54) is 10.7 Å². The fourth-order valence-corrected chi connectivity index (χ4v) is 2.85. The second-order valence-corrected chi connectivity index (χ2v) is 7.33. The highest BCUT2D eigenvalue weighted by Crippen LogP contribution is 2.23. The maximum Gasteiger partial charge on any atom is 0.321 e. The third-order valence-electron chi connectivity index (χ3n) is 4.63. The lowest BCUT2D eigenvalue weighted by Crippen LogP contribution is -2.36. The van der Waals surface area contributed by atoms with E-state index in [1.807, 2.05) is 19.0 Å². The fraction of sp³-hybridized carbons (Fsp3) is 0.350. The van der Waals surface area contributed by atoms with Crippen LogP contribution in [0.15, 0.2) is 36.7 Å². The Kier molecular flexibility index (Phi) is 6.46. The molecule has 0 unspecified atom stereocenters. The van der Waals surface area contributed by atoms with Gasteiger partial charge >= 0.3 is 6.03 Å². The van der Waals surface area contributed by atoms with Crippen LogP contribution in [0, 0.1) is 11.6 Å². The summed E-state index contributed by atoms with van der Waals surface area (Å²) in [6.45, 7) is 3.01. The Morgan fingerprint density at radius 3 is 2.70 bits per heavy atom. The molecule has 0 aliphatic heterocycles. The Hall–Kier alpha value is -3.27. The van der Waals surface area contributed by atoms with E-state index in [0.717, 1.165) is 24.7 Å². The highest BCUT2D eigenvalue weighted by atomic mass is 19.1. The van der Waals surface area contributed by atoms with Crippen molar-refractivity contribution in [1.29, 1.82) is 0 Å². The standard InChI is InChI=1S/C20H25F2N7O/c1-13(15-11-14(21)5-6-16(15)22)24-18-7-8-29-19(26-18)17(12-23-29)25-20(30)28(4)10-9-27(2)3/h5-8,11-13H,9-10H2,1-4H3,(H,24,26)(H,25,30)/t13-/m1/s1. The zero-order valence-corrected chi connectivity index (χ0v) is 17.4. The van der Waals surface area contributed by atoms with E-state index >= 15 is 0 Å². The maximum absolute atomic E-state index is 14.0. The van der Waals surface area contributed by atoms with Crippen LogP contribution in [0.25, 0.3) is 5.65 Å². The normalized spacial score (nSPS) is 12.2. The number of nitrogens with zero attached hydrogens (tertiary/aromatic N) is 5. The Morgan fingerprint density at radius 1 is 1.20 bits per heavy atom. The van der Waals surface area contributed by atoms with E-state index in [1.54, 1.807) is 31.1 Å². The molecule has 1 atom stereocenters. The minimum atomic E-state index is -0.520. The Morgan fingerprint density at radius 2 is 1.97 bits per heavy atom. The third-order valence-corrected chi connectivity index (χ3v) is 4.63. The van der Waals surface area contributed by atoms with Crippen LogP contribution in [0.5, 0.6) is 0 Å². The van der Waals surface area contributed by atoms with Gasteiger partial charge < -0.3 is 20.4 Å². The number of carbonyl (C=O) groups is 1. The van der Waals surface area contributed by atoms with Crippen molar-refractivity contribution in [2.75, 3.05) is 44.9 Å². The minimum absolute atomic E-state index is 0.196. The first kappa shape index (κ1) is 21.4. The number of carbonyl (C=O) groups excluding carboxylic acids is 1. The average molecular weight is 417 g/mol. The first-order valence-corrected chi connectivity index (χ1v) is 9.47. The zero-order chi connectivity index (χ0) is 21.8. The highest BCUT2D eigenvalue weighted by Gasteiger charge is 2.16. The highest BCUT2D eigenvalue weighted by molar-refractivity contribution is 5.93. The van der Waals surface area contributed by atoms with Gasteiger partial charge in [0.25, 0.3) is 0 Å². The molecule has 2 aromatic heterocycles. The summed E-state index contributed by atoms with van der Waals surface area (Å²) >= 11 is 0. The van der Waals surface area contributed by atoms with Gasteiger partial charge in [-0.3, -0.25) is 0 Å². The third kappa shape index (κ3) is 5.01. The molecule has 0 aliphatic carbocycles. The lowest BCUT2D eigenvalue weighted by molar-refractivity contribution is 0.217. The second kappa shape index (κ2) is 9.04. The molecular formula is C20H25F2N7O. The van der Waals surface area contributed by atoms with Crippen molar-refractivity contribution in [3.63, 3.8) is 0 Å². The maximum atomic E-state index is 14.0. The van der Waals surface area contributed by atoms with E-state index in [2.05, 4.69) is 20.7 Å². The summed E-state index contributed by atoms with van der Waals surface area (Å²) in [6.07, 6.45) is 3.18. The number of nitrogens with one attached hydrogen (secondary N) is 2. The number of hydrogen-bond donors (Lipinski definition) is 2. The SMILES string of the molecule is C[C@@H](Nc1ccn2ncc(NC(=O)N(C)CCN(C)C)c2n1)c1cc(F)ccc1F. The summed E-state index contributed by atoms with van der Waals surface area (Å²) in [5.74, 6) is -0.575. The number of likely N-dealkylation sites (N-methyl/N-ethyl adjacent to an activating group) is 2. The summed E-state index contributed by atoms with van der Waals surface area (Å²) in [4.78, 5) is 20.5. The summed E-state index contributed by atoms with van der Waals surface area (Å²) in [6, 6.07) is 4.20. The van der Waals surface area contributed by atoms with E-state index in [4.69, 9.17) is 0 Å². The average Bonchev–Trinajstić information content (AvgIpc) is 3.09. The molecule has 0 spiro atoms. The van der Waals surface area contributed by atoms with Crippen molar-refractivity contribution in [2.45, 2.75) is 13.0 Å². The predicted molar refractivity (Wildman–Crippen MR) is 112 cm³/mol. The van der Waals surface area contributed by atoms with Crippen LogP contribution >= 0.6 is 0 Å². The van der Waals surface area contributed by atoms with Gasteiger partial charge in [-0.15, -0.1) is 0 Å². The van der Waals surface area contributed by atoms with Crippen molar-refractivity contribution in [1.82, 2.24) is 24.4 Å². The zero-order valence-electron chi connectivity index (χ0n) is 17.4. The molecule has 0 saturated carbocycles. The van der Waals surface area contributed by atoms with Crippen LogP contribution in [-0.2, 0) is 0 Å². The molecule has 30 heavy (non-hydrogen) atoms. The van der Waals surface area contributed by atoms with E-state index < -0.39 is 17.7 Å². The van der Waals surface area contributed by atoms with Crippen LogP contribution in [0.4, 0.5) is 25.1 Å². The van der Waals surface area contributed by atoms with Crippen LogP contribution in [0.2, 0.25) is 0 Å². The summed E-state index contributed by atoms with van der Waals surface area (Å²) in [5.41, 5.74) is 1.08. The van der Waals surface area contributed by atoms with Gasteiger partial charge in [-0.25, -0.2) is 23.1 Å². The van der Waals surface area contributed by atoms with Gasteiger partial charge in [0.05, 0.1) is 12.2 Å². The lowest BCUT2D eigenvalue weighted by Gasteiger charge is -2.19. The second-order valence-electron chi connectivity index (χ2n) is 7.33. The Balaban J connectivity index is 1.76. The number of aromatic nitrogens is 3. The number of amides is 2. The van der Waals surface area contributed by atoms with E-state index in [9.17, 15) is 13.6 Å². The van der Waals surface area contributed by atoms with Gasteiger partial charge in [0, 0.05) is 31.9 Å². The molecule has 3 aromatic rings.